The maximum absolute atomic E-state index is 14.2. The van der Waals surface area contributed by atoms with Crippen LogP contribution in [0.1, 0.15) is 35.8 Å². The zero-order valence-electron chi connectivity index (χ0n) is 16.6. The smallest absolute Gasteiger partial charge is 0.251 e. The van der Waals surface area contributed by atoms with Crippen LogP contribution in [0.2, 0.25) is 0 Å². The van der Waals surface area contributed by atoms with Gasteiger partial charge in [0.25, 0.3) is 5.91 Å². The fourth-order valence-corrected chi connectivity index (χ4v) is 2.86. The molecule has 7 heteroatoms. The normalized spacial score (nSPS) is 12.0. The Balaban J connectivity index is 2.18. The number of nitrogens with one attached hydrogen (secondary N) is 1. The third kappa shape index (κ3) is 5.19. The van der Waals surface area contributed by atoms with E-state index in [4.69, 9.17) is 9.47 Å². The number of amides is 1. The van der Waals surface area contributed by atoms with Crippen molar-refractivity contribution in [3.05, 3.63) is 59.2 Å². The Morgan fingerprint density at radius 3 is 2.21 bits per heavy atom. The summed E-state index contributed by atoms with van der Waals surface area (Å²) in [5.41, 5.74) is 0.299. The molecular weight excluding hydrogens is 366 g/mol. The van der Waals surface area contributed by atoms with Gasteiger partial charge in [0.2, 0.25) is 0 Å². The molecule has 0 radical (unpaired) electrons. The van der Waals surface area contributed by atoms with Crippen molar-refractivity contribution < 1.29 is 23.0 Å². The summed E-state index contributed by atoms with van der Waals surface area (Å²) in [7, 11) is 3.40. The molecule has 0 aliphatic rings. The predicted octanol–water partition coefficient (Wildman–Crippen LogP) is 3.79. The molecule has 0 fully saturated rings. The second-order valence-corrected chi connectivity index (χ2v) is 6.35. The molecular formula is C21H26F2N2O3. The van der Waals surface area contributed by atoms with E-state index >= 15 is 0 Å². The summed E-state index contributed by atoms with van der Waals surface area (Å²) >= 11 is 0. The van der Waals surface area contributed by atoms with Crippen molar-refractivity contribution in [1.82, 2.24) is 10.2 Å². The van der Waals surface area contributed by atoms with Crippen LogP contribution in [0.25, 0.3) is 0 Å². The van der Waals surface area contributed by atoms with E-state index in [1.165, 1.54) is 18.2 Å². The Bertz CT molecular complexity index is 792. The molecule has 152 valence electrons. The van der Waals surface area contributed by atoms with Crippen LogP contribution in [0, 0.1) is 11.6 Å². The zero-order chi connectivity index (χ0) is 20.7. The molecule has 0 aliphatic heterocycles. The minimum atomic E-state index is -0.654. The van der Waals surface area contributed by atoms with Crippen LogP contribution in [0.3, 0.4) is 0 Å². The SMILES string of the molecule is CCOc1ccc(C(=O)NCC(c2c(F)cccc2F)N(C)C)cc1OCC. The number of halogens is 2. The molecule has 1 atom stereocenters. The van der Waals surface area contributed by atoms with Crippen molar-refractivity contribution in [2.75, 3.05) is 33.9 Å². The number of carbonyl (C=O) groups excluding carboxylic acids is 1. The topological polar surface area (TPSA) is 50.8 Å². The Kier molecular flexibility index (Phi) is 7.75. The van der Waals surface area contributed by atoms with Crippen LogP contribution in [-0.4, -0.2) is 44.7 Å². The number of nitrogens with zero attached hydrogens (tertiary/aromatic N) is 1. The highest BCUT2D eigenvalue weighted by Gasteiger charge is 2.23. The first-order valence-electron chi connectivity index (χ1n) is 9.17. The minimum absolute atomic E-state index is 0.0425. The fourth-order valence-electron chi connectivity index (χ4n) is 2.86. The van der Waals surface area contributed by atoms with Gasteiger partial charge in [-0.15, -0.1) is 0 Å². The zero-order valence-corrected chi connectivity index (χ0v) is 16.6. The molecule has 2 rings (SSSR count). The van der Waals surface area contributed by atoms with Gasteiger partial charge in [0.15, 0.2) is 11.5 Å². The van der Waals surface area contributed by atoms with Crippen LogP contribution >= 0.6 is 0 Å². The van der Waals surface area contributed by atoms with Crippen LogP contribution in [0.15, 0.2) is 36.4 Å². The average Bonchev–Trinajstić information content (AvgIpc) is 2.65. The van der Waals surface area contributed by atoms with Gasteiger partial charge in [0.05, 0.1) is 19.3 Å². The lowest BCUT2D eigenvalue weighted by atomic mass is 10.0. The highest BCUT2D eigenvalue weighted by molar-refractivity contribution is 5.94. The molecule has 1 N–H and O–H groups in total. The third-order valence-electron chi connectivity index (χ3n) is 4.22. The van der Waals surface area contributed by atoms with Gasteiger partial charge in [-0.1, -0.05) is 6.07 Å². The van der Waals surface area contributed by atoms with E-state index < -0.39 is 17.7 Å². The van der Waals surface area contributed by atoms with E-state index in [0.717, 1.165) is 0 Å². The highest BCUT2D eigenvalue weighted by Crippen LogP contribution is 2.29. The third-order valence-corrected chi connectivity index (χ3v) is 4.22. The maximum atomic E-state index is 14.2. The summed E-state index contributed by atoms with van der Waals surface area (Å²) in [4.78, 5) is 14.2. The summed E-state index contributed by atoms with van der Waals surface area (Å²) in [5, 5.41) is 2.74. The van der Waals surface area contributed by atoms with E-state index in [-0.39, 0.29) is 18.0 Å². The van der Waals surface area contributed by atoms with Crippen LogP contribution in [0.5, 0.6) is 11.5 Å². The van der Waals surface area contributed by atoms with Gasteiger partial charge < -0.3 is 19.7 Å². The molecule has 2 aromatic rings. The molecule has 2 aromatic carbocycles. The molecule has 0 heterocycles. The summed E-state index contributed by atoms with van der Waals surface area (Å²) < 4.78 is 39.3. The van der Waals surface area contributed by atoms with Gasteiger partial charge in [0, 0.05) is 17.7 Å². The van der Waals surface area contributed by atoms with E-state index in [1.54, 1.807) is 37.2 Å². The van der Waals surface area contributed by atoms with Crippen molar-refractivity contribution in [2.24, 2.45) is 0 Å². The molecule has 0 saturated carbocycles. The quantitative estimate of drug-likeness (QED) is 0.705. The van der Waals surface area contributed by atoms with Crippen molar-refractivity contribution in [1.29, 1.82) is 0 Å². The lowest BCUT2D eigenvalue weighted by molar-refractivity contribution is 0.0940. The number of likely N-dealkylation sites (N-methyl/N-ethyl adjacent to an activating group) is 1. The standard InChI is InChI=1S/C21H26F2N2O3/c1-5-27-18-11-10-14(12-19(18)28-6-2)21(26)24-13-17(25(3)4)20-15(22)8-7-9-16(20)23/h7-12,17H,5-6,13H2,1-4H3,(H,24,26). The number of hydrogen-bond acceptors (Lipinski definition) is 4. The van der Waals surface area contributed by atoms with E-state index in [2.05, 4.69) is 5.32 Å². The second kappa shape index (κ2) is 10.0. The first kappa shape index (κ1) is 21.6. The minimum Gasteiger partial charge on any atom is -0.490 e. The molecule has 0 bridgehead atoms. The van der Waals surface area contributed by atoms with E-state index in [9.17, 15) is 13.6 Å². The summed E-state index contributed by atoms with van der Waals surface area (Å²) in [6.45, 7) is 4.65. The van der Waals surface area contributed by atoms with Crippen LogP contribution in [0.4, 0.5) is 8.78 Å². The summed E-state index contributed by atoms with van der Waals surface area (Å²) in [6.07, 6.45) is 0. The van der Waals surface area contributed by atoms with Gasteiger partial charge in [-0.05, 0) is 58.3 Å². The van der Waals surface area contributed by atoms with Gasteiger partial charge >= 0.3 is 0 Å². The molecule has 0 aliphatic carbocycles. The number of benzene rings is 2. The second-order valence-electron chi connectivity index (χ2n) is 6.35. The van der Waals surface area contributed by atoms with Crippen molar-refractivity contribution in [2.45, 2.75) is 19.9 Å². The molecule has 28 heavy (non-hydrogen) atoms. The first-order chi connectivity index (χ1) is 13.4. The largest absolute Gasteiger partial charge is 0.490 e. The predicted molar refractivity (Wildman–Crippen MR) is 104 cm³/mol. The van der Waals surface area contributed by atoms with Crippen LogP contribution < -0.4 is 14.8 Å². The number of ether oxygens (including phenoxy) is 2. The maximum Gasteiger partial charge on any atom is 0.251 e. The van der Waals surface area contributed by atoms with Crippen LogP contribution in [-0.2, 0) is 0 Å². The van der Waals surface area contributed by atoms with E-state index in [0.29, 0.717) is 30.3 Å². The van der Waals surface area contributed by atoms with Gasteiger partial charge in [0.1, 0.15) is 11.6 Å². The molecule has 0 aromatic heterocycles. The van der Waals surface area contributed by atoms with Crippen molar-refractivity contribution in [3.8, 4) is 11.5 Å². The average molecular weight is 392 g/mol. The molecule has 0 saturated heterocycles. The lowest BCUT2D eigenvalue weighted by Crippen LogP contribution is -2.35. The van der Waals surface area contributed by atoms with Crippen molar-refractivity contribution >= 4 is 5.91 Å². The monoisotopic (exact) mass is 392 g/mol. The van der Waals surface area contributed by atoms with Crippen molar-refractivity contribution in [3.63, 3.8) is 0 Å². The highest BCUT2D eigenvalue weighted by atomic mass is 19.1. The Labute approximate surface area is 164 Å². The molecule has 1 amide bonds. The summed E-state index contributed by atoms with van der Waals surface area (Å²) in [6, 6.07) is 7.96. The molecule has 0 spiro atoms. The van der Waals surface area contributed by atoms with Gasteiger partial charge in [-0.2, -0.15) is 0 Å². The molecule has 5 nitrogen and oxygen atoms in total. The Hall–Kier alpha value is -2.67. The first-order valence-corrected chi connectivity index (χ1v) is 9.17. The Morgan fingerprint density at radius 1 is 1.04 bits per heavy atom. The van der Waals surface area contributed by atoms with Gasteiger partial charge in [-0.25, -0.2) is 8.78 Å². The summed E-state index contributed by atoms with van der Waals surface area (Å²) in [5.74, 6) is -0.630. The Morgan fingerprint density at radius 2 is 1.64 bits per heavy atom. The number of hydrogen-bond donors (Lipinski definition) is 1. The number of carbonyl (C=O) groups is 1. The van der Waals surface area contributed by atoms with E-state index in [1.807, 2.05) is 13.8 Å². The van der Waals surface area contributed by atoms with Gasteiger partial charge in [-0.3, -0.25) is 4.79 Å². The lowest BCUT2D eigenvalue weighted by Gasteiger charge is -2.26. The fraction of sp³-hybridized carbons (Fsp3) is 0.381. The number of rotatable bonds is 9. The molecule has 1 unspecified atom stereocenters.